The van der Waals surface area contributed by atoms with Crippen molar-refractivity contribution in [2.45, 2.75) is 45.7 Å². The Morgan fingerprint density at radius 3 is 2.68 bits per heavy atom. The number of carbonyl (C=O) groups excluding carboxylic acids is 1. The minimum absolute atomic E-state index is 0.200. The molecule has 0 spiro atoms. The van der Waals surface area contributed by atoms with Crippen LogP contribution in [0.15, 0.2) is 57.7 Å². The summed E-state index contributed by atoms with van der Waals surface area (Å²) in [6.07, 6.45) is 3.27. The number of nitrogens with zero attached hydrogens (tertiary/aromatic N) is 1. The second kappa shape index (κ2) is 9.35. The number of rotatable bonds is 5. The van der Waals surface area contributed by atoms with Crippen LogP contribution in [0.5, 0.6) is 0 Å². The van der Waals surface area contributed by atoms with E-state index in [9.17, 15) is 9.59 Å². The smallest absolute Gasteiger partial charge is 0.336 e. The zero-order chi connectivity index (χ0) is 21.8. The fourth-order valence-corrected chi connectivity index (χ4v) is 4.24. The molecule has 6 nitrogen and oxygen atoms in total. The quantitative estimate of drug-likeness (QED) is 0.594. The highest BCUT2D eigenvalue weighted by molar-refractivity contribution is 5.89. The minimum atomic E-state index is -0.320. The molecule has 4 rings (SSSR count). The van der Waals surface area contributed by atoms with Gasteiger partial charge >= 0.3 is 11.7 Å². The van der Waals surface area contributed by atoms with Gasteiger partial charge in [0, 0.05) is 36.3 Å². The van der Waals surface area contributed by atoms with Crippen molar-refractivity contribution in [3.63, 3.8) is 0 Å². The van der Waals surface area contributed by atoms with E-state index in [0.717, 1.165) is 48.0 Å². The van der Waals surface area contributed by atoms with Crippen molar-refractivity contribution < 1.29 is 9.21 Å². The standard InChI is InChI=1S/C25H29N3O3/c1-17-12-22-19(14-24(29)31-23(22)13-18(17)2)16-28-11-7-6-10-21(28)15-26-25(30)27-20-8-4-3-5-9-20/h3-5,8-9,12-14,21H,6-7,10-11,15-16H2,1-2H3,(H2,26,27,30). The van der Waals surface area contributed by atoms with Crippen LogP contribution in [0.3, 0.4) is 0 Å². The third-order valence-corrected chi connectivity index (χ3v) is 6.10. The first-order chi connectivity index (χ1) is 15.0. The van der Waals surface area contributed by atoms with Crippen LogP contribution in [0, 0.1) is 13.8 Å². The van der Waals surface area contributed by atoms with Crippen molar-refractivity contribution in [1.29, 1.82) is 0 Å². The van der Waals surface area contributed by atoms with Gasteiger partial charge in [0.1, 0.15) is 5.58 Å². The third-order valence-electron chi connectivity index (χ3n) is 6.10. The van der Waals surface area contributed by atoms with Crippen LogP contribution in [0.1, 0.15) is 36.0 Å². The molecular weight excluding hydrogens is 390 g/mol. The van der Waals surface area contributed by atoms with E-state index in [1.165, 1.54) is 5.56 Å². The molecule has 31 heavy (non-hydrogen) atoms. The van der Waals surface area contributed by atoms with Gasteiger partial charge in [-0.1, -0.05) is 24.6 Å². The highest BCUT2D eigenvalue weighted by Crippen LogP contribution is 2.25. The molecule has 0 bridgehead atoms. The van der Waals surface area contributed by atoms with Gasteiger partial charge in [0.15, 0.2) is 0 Å². The van der Waals surface area contributed by atoms with E-state index < -0.39 is 0 Å². The Kier molecular flexibility index (Phi) is 6.37. The number of anilines is 1. The molecule has 0 radical (unpaired) electrons. The van der Waals surface area contributed by atoms with E-state index in [4.69, 9.17) is 4.42 Å². The number of benzene rings is 2. The number of piperidine rings is 1. The van der Waals surface area contributed by atoms with Crippen LogP contribution in [0.4, 0.5) is 10.5 Å². The second-order valence-electron chi connectivity index (χ2n) is 8.34. The fraction of sp³-hybridized carbons (Fsp3) is 0.360. The molecule has 1 aliphatic heterocycles. The largest absolute Gasteiger partial charge is 0.423 e. The van der Waals surface area contributed by atoms with Gasteiger partial charge in [-0.05, 0) is 74.2 Å². The summed E-state index contributed by atoms with van der Waals surface area (Å²) >= 11 is 0. The topological polar surface area (TPSA) is 74.6 Å². The normalized spacial score (nSPS) is 16.9. The Morgan fingerprint density at radius 1 is 1.10 bits per heavy atom. The molecule has 1 fully saturated rings. The molecule has 3 aromatic rings. The van der Waals surface area contributed by atoms with E-state index in [2.05, 4.69) is 28.5 Å². The molecule has 0 aliphatic carbocycles. The summed E-state index contributed by atoms with van der Waals surface area (Å²) < 4.78 is 5.45. The monoisotopic (exact) mass is 419 g/mol. The van der Waals surface area contributed by atoms with E-state index in [1.54, 1.807) is 6.07 Å². The molecule has 2 amide bonds. The number of fused-ring (bicyclic) bond motifs is 1. The number of para-hydroxylation sites is 1. The Hall–Kier alpha value is -3.12. The Balaban J connectivity index is 1.47. The number of hydrogen-bond acceptors (Lipinski definition) is 4. The number of aryl methyl sites for hydroxylation is 2. The van der Waals surface area contributed by atoms with Crippen molar-refractivity contribution in [2.24, 2.45) is 0 Å². The van der Waals surface area contributed by atoms with E-state index in [1.807, 2.05) is 43.3 Å². The van der Waals surface area contributed by atoms with Crippen LogP contribution in [0.2, 0.25) is 0 Å². The molecule has 1 atom stereocenters. The molecule has 2 heterocycles. The number of carbonyl (C=O) groups is 1. The highest BCUT2D eigenvalue weighted by atomic mass is 16.4. The average molecular weight is 420 g/mol. The van der Waals surface area contributed by atoms with Crippen molar-refractivity contribution in [2.75, 3.05) is 18.4 Å². The molecule has 6 heteroatoms. The molecule has 2 N–H and O–H groups in total. The first-order valence-electron chi connectivity index (χ1n) is 10.9. The van der Waals surface area contributed by atoms with Gasteiger partial charge in [-0.3, -0.25) is 4.90 Å². The van der Waals surface area contributed by atoms with Crippen LogP contribution in [-0.4, -0.2) is 30.1 Å². The lowest BCUT2D eigenvalue weighted by Gasteiger charge is -2.36. The number of hydrogen-bond donors (Lipinski definition) is 2. The zero-order valence-electron chi connectivity index (χ0n) is 18.1. The van der Waals surface area contributed by atoms with Crippen LogP contribution in [0.25, 0.3) is 11.0 Å². The van der Waals surface area contributed by atoms with E-state index in [-0.39, 0.29) is 17.7 Å². The summed E-state index contributed by atoms with van der Waals surface area (Å²) in [5.41, 5.74) is 4.36. The van der Waals surface area contributed by atoms with Crippen molar-refractivity contribution in [3.05, 3.63) is 75.6 Å². The van der Waals surface area contributed by atoms with Gasteiger partial charge in [-0.25, -0.2) is 9.59 Å². The maximum Gasteiger partial charge on any atom is 0.336 e. The number of amides is 2. The highest BCUT2D eigenvalue weighted by Gasteiger charge is 2.24. The van der Waals surface area contributed by atoms with Gasteiger partial charge in [0.25, 0.3) is 0 Å². The molecule has 162 valence electrons. The van der Waals surface area contributed by atoms with Crippen LogP contribution < -0.4 is 16.3 Å². The first-order valence-corrected chi connectivity index (χ1v) is 10.9. The molecule has 1 unspecified atom stereocenters. The Labute approximate surface area is 182 Å². The lowest BCUT2D eigenvalue weighted by atomic mass is 9.99. The lowest BCUT2D eigenvalue weighted by molar-refractivity contribution is 0.139. The molecule has 2 aromatic carbocycles. The van der Waals surface area contributed by atoms with Crippen LogP contribution >= 0.6 is 0 Å². The van der Waals surface area contributed by atoms with Gasteiger partial charge < -0.3 is 15.1 Å². The SMILES string of the molecule is Cc1cc2oc(=O)cc(CN3CCCCC3CNC(=O)Nc3ccccc3)c2cc1C. The number of likely N-dealkylation sites (tertiary alicyclic amines) is 1. The summed E-state index contributed by atoms with van der Waals surface area (Å²) in [5.74, 6) is 0. The Morgan fingerprint density at radius 2 is 1.87 bits per heavy atom. The molecule has 1 saturated heterocycles. The maximum atomic E-state index is 12.3. The third kappa shape index (κ3) is 5.14. The summed E-state index contributed by atoms with van der Waals surface area (Å²) in [7, 11) is 0. The average Bonchev–Trinajstić information content (AvgIpc) is 2.75. The summed E-state index contributed by atoms with van der Waals surface area (Å²) in [5, 5.41) is 6.86. The predicted octanol–water partition coefficient (Wildman–Crippen LogP) is 4.59. The number of nitrogens with one attached hydrogen (secondary N) is 2. The van der Waals surface area contributed by atoms with Crippen molar-refractivity contribution >= 4 is 22.7 Å². The number of urea groups is 1. The first kappa shape index (κ1) is 21.1. The summed E-state index contributed by atoms with van der Waals surface area (Å²) in [4.78, 5) is 26.8. The summed E-state index contributed by atoms with van der Waals surface area (Å²) in [6.45, 7) is 6.27. The molecule has 0 saturated carbocycles. The predicted molar refractivity (Wildman–Crippen MR) is 123 cm³/mol. The van der Waals surface area contributed by atoms with E-state index >= 15 is 0 Å². The van der Waals surface area contributed by atoms with Gasteiger partial charge in [0.2, 0.25) is 0 Å². The van der Waals surface area contributed by atoms with Gasteiger partial charge in [-0.2, -0.15) is 0 Å². The molecule has 1 aliphatic rings. The van der Waals surface area contributed by atoms with Gasteiger partial charge in [-0.15, -0.1) is 0 Å². The second-order valence-corrected chi connectivity index (χ2v) is 8.34. The zero-order valence-corrected chi connectivity index (χ0v) is 18.1. The minimum Gasteiger partial charge on any atom is -0.423 e. The lowest BCUT2D eigenvalue weighted by Crippen LogP contribution is -2.47. The fourth-order valence-electron chi connectivity index (χ4n) is 4.24. The summed E-state index contributed by atoms with van der Waals surface area (Å²) in [6, 6.07) is 15.1. The van der Waals surface area contributed by atoms with Crippen LogP contribution in [-0.2, 0) is 6.54 Å². The molecular formula is C25H29N3O3. The van der Waals surface area contributed by atoms with E-state index in [0.29, 0.717) is 18.7 Å². The Bertz CT molecular complexity index is 1120. The molecule has 1 aromatic heterocycles. The van der Waals surface area contributed by atoms with Crippen molar-refractivity contribution in [3.8, 4) is 0 Å². The van der Waals surface area contributed by atoms with Gasteiger partial charge in [0.05, 0.1) is 0 Å². The maximum absolute atomic E-state index is 12.3. The van der Waals surface area contributed by atoms with Crippen molar-refractivity contribution in [1.82, 2.24) is 10.2 Å².